The van der Waals surface area contributed by atoms with Crippen LogP contribution >= 0.6 is 34.2 Å². The summed E-state index contributed by atoms with van der Waals surface area (Å²) in [6, 6.07) is 3.16. The zero-order valence-corrected chi connectivity index (χ0v) is 10.5. The number of hydrogen-bond acceptors (Lipinski definition) is 4. The van der Waals surface area contributed by atoms with Crippen LogP contribution in [0.2, 0.25) is 5.15 Å². The monoisotopic (exact) mass is 350 g/mol. The number of carboxylic acids is 1. The van der Waals surface area contributed by atoms with E-state index in [0.29, 0.717) is 9.52 Å². The highest BCUT2D eigenvalue weighted by Gasteiger charge is 2.15. The highest BCUT2D eigenvalue weighted by Crippen LogP contribution is 2.15. The third kappa shape index (κ3) is 2.00. The fraction of sp³-hybridized carbons (Fsp3) is 0. The number of rotatable bonds is 2. The molecule has 6 nitrogen and oxygen atoms in total. The molecule has 0 aromatic carbocycles. The number of aromatic carboxylic acids is 1. The number of hydrogen-bond donors (Lipinski definition) is 1. The van der Waals surface area contributed by atoms with Gasteiger partial charge in [0.05, 0.1) is 6.20 Å². The van der Waals surface area contributed by atoms with Gasteiger partial charge < -0.3 is 5.11 Å². The van der Waals surface area contributed by atoms with Crippen molar-refractivity contribution in [3.8, 4) is 5.82 Å². The van der Waals surface area contributed by atoms with Crippen molar-refractivity contribution >= 4 is 40.2 Å². The Kier molecular flexibility index (Phi) is 3.06. The number of carbonyl (C=O) groups is 1. The number of carboxylic acid groups (broad SMARTS) is 1. The average molecular weight is 351 g/mol. The third-order valence-electron chi connectivity index (χ3n) is 1.78. The van der Waals surface area contributed by atoms with Gasteiger partial charge in [0.25, 0.3) is 0 Å². The Morgan fingerprint density at radius 3 is 2.69 bits per heavy atom. The number of halogens is 2. The summed E-state index contributed by atoms with van der Waals surface area (Å²) >= 11 is 7.48. The van der Waals surface area contributed by atoms with Crippen LogP contribution in [0.25, 0.3) is 5.82 Å². The minimum absolute atomic E-state index is 0.123. The molecule has 8 heteroatoms. The summed E-state index contributed by atoms with van der Waals surface area (Å²) in [4.78, 5) is 10.8. The van der Waals surface area contributed by atoms with E-state index < -0.39 is 5.97 Å². The van der Waals surface area contributed by atoms with Crippen LogP contribution in [-0.4, -0.2) is 31.1 Å². The molecule has 0 amide bonds. The molecular weight excluding hydrogens is 346 g/mol. The molecule has 0 saturated heterocycles. The molecule has 1 N–H and O–H groups in total. The van der Waals surface area contributed by atoms with Crippen LogP contribution in [0.3, 0.4) is 0 Å². The van der Waals surface area contributed by atoms with Gasteiger partial charge in [0, 0.05) is 0 Å². The van der Waals surface area contributed by atoms with Crippen LogP contribution < -0.4 is 0 Å². The molecule has 2 heterocycles. The first-order chi connectivity index (χ1) is 7.59. The van der Waals surface area contributed by atoms with Gasteiger partial charge in [-0.05, 0) is 34.7 Å². The average Bonchev–Trinajstić information content (AvgIpc) is 2.61. The van der Waals surface area contributed by atoms with Gasteiger partial charge in [-0.3, -0.25) is 0 Å². The van der Waals surface area contributed by atoms with E-state index in [0.717, 1.165) is 0 Å². The van der Waals surface area contributed by atoms with Gasteiger partial charge in [0.2, 0.25) is 0 Å². The van der Waals surface area contributed by atoms with Crippen LogP contribution in [-0.2, 0) is 0 Å². The molecule has 0 spiro atoms. The van der Waals surface area contributed by atoms with Crippen molar-refractivity contribution in [1.82, 2.24) is 20.0 Å². The van der Waals surface area contributed by atoms with Gasteiger partial charge >= 0.3 is 5.97 Å². The second-order valence-corrected chi connectivity index (χ2v) is 4.19. The zero-order valence-electron chi connectivity index (χ0n) is 7.63. The fourth-order valence-corrected chi connectivity index (χ4v) is 1.90. The standard InChI is InChI=1S/C8H4ClIN4O2/c9-5-1-2-6(13-12-5)14-7(10)4(3-11-14)8(15)16/h1-3H,(H,15,16). The predicted octanol–water partition coefficient (Wildman–Crippen LogP) is 1.62. The lowest BCUT2D eigenvalue weighted by Gasteiger charge is -2.00. The SMILES string of the molecule is O=C(O)c1cnn(-c2ccc(Cl)nn2)c1I. The maximum absolute atomic E-state index is 10.8. The van der Waals surface area contributed by atoms with Crippen molar-refractivity contribution in [1.29, 1.82) is 0 Å². The van der Waals surface area contributed by atoms with Crippen molar-refractivity contribution in [3.63, 3.8) is 0 Å². The highest BCUT2D eigenvalue weighted by atomic mass is 127. The van der Waals surface area contributed by atoms with E-state index in [1.54, 1.807) is 12.1 Å². The maximum atomic E-state index is 10.8. The van der Waals surface area contributed by atoms with Crippen molar-refractivity contribution < 1.29 is 9.90 Å². The Labute approximate surface area is 108 Å². The Balaban J connectivity index is 2.49. The zero-order chi connectivity index (χ0) is 11.7. The lowest BCUT2D eigenvalue weighted by Crippen LogP contribution is -2.05. The molecule has 0 atom stereocenters. The summed E-state index contributed by atoms with van der Waals surface area (Å²) in [5.41, 5.74) is 0.123. The molecule has 16 heavy (non-hydrogen) atoms. The molecule has 0 aliphatic rings. The molecule has 0 unspecified atom stereocenters. The lowest BCUT2D eigenvalue weighted by atomic mass is 10.4. The number of nitrogens with zero attached hydrogens (tertiary/aromatic N) is 4. The van der Waals surface area contributed by atoms with Gasteiger partial charge in [0.1, 0.15) is 9.26 Å². The minimum Gasteiger partial charge on any atom is -0.478 e. The van der Waals surface area contributed by atoms with E-state index in [4.69, 9.17) is 16.7 Å². The lowest BCUT2D eigenvalue weighted by molar-refractivity contribution is 0.0695. The van der Waals surface area contributed by atoms with Crippen molar-refractivity contribution in [2.75, 3.05) is 0 Å². The van der Waals surface area contributed by atoms with E-state index in [1.807, 2.05) is 22.6 Å². The third-order valence-corrected chi connectivity index (χ3v) is 3.02. The van der Waals surface area contributed by atoms with Crippen LogP contribution in [0.4, 0.5) is 0 Å². The minimum atomic E-state index is -1.03. The van der Waals surface area contributed by atoms with Gasteiger partial charge in [0.15, 0.2) is 11.0 Å². The van der Waals surface area contributed by atoms with Crippen molar-refractivity contribution in [2.45, 2.75) is 0 Å². The van der Waals surface area contributed by atoms with Crippen LogP contribution in [0.15, 0.2) is 18.3 Å². The Bertz CT molecular complexity index is 539. The summed E-state index contributed by atoms with van der Waals surface area (Å²) in [5.74, 6) is -0.612. The highest BCUT2D eigenvalue weighted by molar-refractivity contribution is 14.1. The summed E-state index contributed by atoms with van der Waals surface area (Å²) in [5, 5.41) is 20.5. The first kappa shape index (κ1) is 11.3. The summed E-state index contributed by atoms with van der Waals surface area (Å²) in [6.45, 7) is 0. The second kappa shape index (κ2) is 4.34. The van der Waals surface area contributed by atoms with E-state index in [-0.39, 0.29) is 10.7 Å². The smallest absolute Gasteiger partial charge is 0.340 e. The van der Waals surface area contributed by atoms with Crippen LogP contribution in [0, 0.1) is 3.70 Å². The molecule has 0 saturated carbocycles. The topological polar surface area (TPSA) is 80.9 Å². The molecule has 0 aliphatic heterocycles. The second-order valence-electron chi connectivity index (χ2n) is 2.78. The number of aromatic nitrogens is 4. The Morgan fingerprint density at radius 2 is 2.19 bits per heavy atom. The molecule has 0 fully saturated rings. The van der Waals surface area contributed by atoms with E-state index in [9.17, 15) is 4.79 Å². The Hall–Kier alpha value is -1.22. The summed E-state index contributed by atoms with van der Waals surface area (Å²) < 4.78 is 1.84. The maximum Gasteiger partial charge on any atom is 0.340 e. The van der Waals surface area contributed by atoms with Crippen LogP contribution in [0.5, 0.6) is 0 Å². The van der Waals surface area contributed by atoms with Gasteiger partial charge in [-0.2, -0.15) is 5.10 Å². The fourth-order valence-electron chi connectivity index (χ4n) is 1.06. The molecule has 2 rings (SSSR count). The van der Waals surface area contributed by atoms with Gasteiger partial charge in [-0.1, -0.05) is 11.6 Å². The van der Waals surface area contributed by atoms with E-state index >= 15 is 0 Å². The summed E-state index contributed by atoms with van der Waals surface area (Å²) in [7, 11) is 0. The molecule has 2 aromatic heterocycles. The normalized spacial score (nSPS) is 10.4. The first-order valence-corrected chi connectivity index (χ1v) is 5.51. The van der Waals surface area contributed by atoms with Crippen LogP contribution in [0.1, 0.15) is 10.4 Å². The molecule has 0 radical (unpaired) electrons. The van der Waals surface area contributed by atoms with Crippen molar-refractivity contribution in [3.05, 3.63) is 32.7 Å². The van der Waals surface area contributed by atoms with E-state index in [2.05, 4.69) is 15.3 Å². The predicted molar refractivity (Wildman–Crippen MR) is 63.8 cm³/mol. The van der Waals surface area contributed by atoms with Crippen molar-refractivity contribution in [2.24, 2.45) is 0 Å². The molecule has 0 aliphatic carbocycles. The Morgan fingerprint density at radius 1 is 1.44 bits per heavy atom. The van der Waals surface area contributed by atoms with Gasteiger partial charge in [-0.25, -0.2) is 9.48 Å². The van der Waals surface area contributed by atoms with Gasteiger partial charge in [-0.15, -0.1) is 10.2 Å². The molecule has 82 valence electrons. The molecule has 2 aromatic rings. The largest absolute Gasteiger partial charge is 0.478 e. The van der Waals surface area contributed by atoms with E-state index in [1.165, 1.54) is 10.9 Å². The quantitative estimate of drug-likeness (QED) is 0.833. The summed E-state index contributed by atoms with van der Waals surface area (Å²) in [6.07, 6.45) is 1.26. The molecular formula is C8H4ClIN4O2. The molecule has 0 bridgehead atoms. The first-order valence-electron chi connectivity index (χ1n) is 4.06.